The maximum atomic E-state index is 12.0. The van der Waals surface area contributed by atoms with Crippen molar-refractivity contribution in [3.05, 3.63) is 113 Å². The number of hydrogen-bond acceptors (Lipinski definition) is 5. The maximum absolute atomic E-state index is 12.0. The first-order valence-corrected chi connectivity index (χ1v) is 14.7. The van der Waals surface area contributed by atoms with Crippen LogP contribution in [0.2, 0.25) is 0 Å². The summed E-state index contributed by atoms with van der Waals surface area (Å²) in [5, 5.41) is 23.4. The van der Waals surface area contributed by atoms with Crippen molar-refractivity contribution in [2.45, 2.75) is 31.0 Å². The second-order valence-electron chi connectivity index (χ2n) is 10.2. The molecule has 0 bridgehead atoms. The topological polar surface area (TPSA) is 70.0 Å². The lowest BCUT2D eigenvalue weighted by atomic mass is 9.72. The Balaban J connectivity index is 0.000000517. The largest absolute Gasteiger partial charge is 0.494 e. The number of carbonyl (C=O) groups is 1. The molecule has 42 heavy (non-hydrogen) atoms. The normalized spacial score (nSPS) is 14.6. The van der Waals surface area contributed by atoms with E-state index < -0.39 is 17.7 Å². The van der Waals surface area contributed by atoms with Gasteiger partial charge < -0.3 is 19.8 Å². The number of halogens is 3. The molecule has 1 saturated heterocycles. The third-order valence-electron chi connectivity index (χ3n) is 7.44. The number of aliphatic hydroxyl groups is 1. The van der Waals surface area contributed by atoms with Gasteiger partial charge in [-0.05, 0) is 89.5 Å². The summed E-state index contributed by atoms with van der Waals surface area (Å²) in [6.45, 7) is 3.74. The molecule has 1 aromatic heterocycles. The summed E-state index contributed by atoms with van der Waals surface area (Å²) in [6, 6.07) is 30.9. The lowest BCUT2D eigenvalue weighted by Crippen LogP contribution is -2.44. The van der Waals surface area contributed by atoms with Crippen molar-refractivity contribution in [2.24, 2.45) is 5.92 Å². The van der Waals surface area contributed by atoms with Crippen molar-refractivity contribution in [1.29, 1.82) is 0 Å². The Hall–Kier alpha value is -3.66. The number of aliphatic carboxylic acids is 1. The van der Waals surface area contributed by atoms with Gasteiger partial charge in [0, 0.05) is 6.54 Å². The summed E-state index contributed by atoms with van der Waals surface area (Å²) in [4.78, 5) is 11.4. The van der Waals surface area contributed by atoms with Crippen LogP contribution in [0.25, 0.3) is 11.1 Å². The van der Waals surface area contributed by atoms with Gasteiger partial charge in [-0.15, -0.1) is 0 Å². The summed E-state index contributed by atoms with van der Waals surface area (Å²) >= 11 is 1.72. The molecule has 2 N–H and O–H groups in total. The van der Waals surface area contributed by atoms with Crippen LogP contribution in [0.4, 0.5) is 13.2 Å². The first-order valence-electron chi connectivity index (χ1n) is 13.8. The van der Waals surface area contributed by atoms with Gasteiger partial charge in [-0.1, -0.05) is 72.8 Å². The van der Waals surface area contributed by atoms with Crippen LogP contribution in [0.3, 0.4) is 0 Å². The number of nitrogens with zero attached hydrogens (tertiary/aromatic N) is 1. The first kappa shape index (κ1) is 31.3. The maximum Gasteiger partial charge on any atom is 0.490 e. The Kier molecular flexibility index (Phi) is 10.8. The summed E-state index contributed by atoms with van der Waals surface area (Å²) in [6.07, 6.45) is -2.13. The molecule has 0 spiro atoms. The Morgan fingerprint density at radius 1 is 0.857 bits per heavy atom. The van der Waals surface area contributed by atoms with E-state index in [0.29, 0.717) is 0 Å². The van der Waals surface area contributed by atoms with Crippen LogP contribution in [-0.2, 0) is 10.4 Å². The molecule has 0 atom stereocenters. The van der Waals surface area contributed by atoms with E-state index in [1.165, 1.54) is 11.1 Å². The van der Waals surface area contributed by atoms with Crippen molar-refractivity contribution in [1.82, 2.24) is 4.90 Å². The predicted octanol–water partition coefficient (Wildman–Crippen LogP) is 7.47. The fourth-order valence-electron chi connectivity index (χ4n) is 5.25. The van der Waals surface area contributed by atoms with Gasteiger partial charge in [0.05, 0.1) is 6.61 Å². The van der Waals surface area contributed by atoms with Crippen molar-refractivity contribution in [3.8, 4) is 16.9 Å². The molecule has 1 aliphatic heterocycles. The molecular weight excluding hydrogens is 563 g/mol. The molecule has 0 amide bonds. The number of hydrogen-bond donors (Lipinski definition) is 2. The van der Waals surface area contributed by atoms with Gasteiger partial charge in [-0.2, -0.15) is 24.5 Å². The molecule has 0 aliphatic carbocycles. The minimum atomic E-state index is -5.08. The average Bonchev–Trinajstić information content (AvgIpc) is 3.56. The van der Waals surface area contributed by atoms with Gasteiger partial charge in [-0.3, -0.25) is 0 Å². The van der Waals surface area contributed by atoms with Gasteiger partial charge in [0.2, 0.25) is 0 Å². The fraction of sp³-hybridized carbons (Fsp3) is 0.303. The lowest BCUT2D eigenvalue weighted by molar-refractivity contribution is -0.192. The fourth-order valence-corrected chi connectivity index (χ4v) is 5.91. The highest BCUT2D eigenvalue weighted by Gasteiger charge is 2.41. The Morgan fingerprint density at radius 3 is 1.88 bits per heavy atom. The molecule has 2 heterocycles. The number of likely N-dealkylation sites (tertiary alicyclic amines) is 1. The number of ether oxygens (including phenoxy) is 1. The molecule has 3 aromatic carbocycles. The van der Waals surface area contributed by atoms with E-state index in [-0.39, 0.29) is 5.92 Å². The number of carboxylic acid groups (broad SMARTS) is 1. The molecule has 9 heteroatoms. The molecule has 0 radical (unpaired) electrons. The zero-order valence-electron chi connectivity index (χ0n) is 23.0. The molecule has 0 saturated carbocycles. The predicted molar refractivity (Wildman–Crippen MR) is 159 cm³/mol. The van der Waals surface area contributed by atoms with Crippen molar-refractivity contribution in [3.63, 3.8) is 0 Å². The standard InChI is InChI=1S/C31H33NO2S.C2HF3O2/c33-31(27-8-3-1-4-9-27,28-10-5-2-6-11-28)29-16-20-32(21-17-29)19-7-22-34-30-14-12-25(13-15-30)26-18-23-35-24-26;3-2(4,5)1(6)7/h1-6,8-15,18,23-24,29,33H,7,16-17,19-22H2;(H,6,7). The van der Waals surface area contributed by atoms with E-state index in [1.807, 2.05) is 36.4 Å². The molecule has 222 valence electrons. The third-order valence-corrected chi connectivity index (χ3v) is 8.13. The van der Waals surface area contributed by atoms with E-state index in [1.54, 1.807) is 11.3 Å². The van der Waals surface area contributed by atoms with Crippen LogP contribution >= 0.6 is 11.3 Å². The number of thiophene rings is 1. The zero-order chi connectivity index (χ0) is 30.0. The summed E-state index contributed by atoms with van der Waals surface area (Å²) in [5.41, 5.74) is 3.52. The van der Waals surface area contributed by atoms with Crippen LogP contribution in [0.15, 0.2) is 102 Å². The van der Waals surface area contributed by atoms with E-state index in [9.17, 15) is 18.3 Å². The SMILES string of the molecule is O=C(O)C(F)(F)F.OC(c1ccccc1)(c1ccccc1)C1CCN(CCCOc2ccc(-c3ccsc3)cc2)CC1. The molecule has 5 rings (SSSR count). The van der Waals surface area contributed by atoms with E-state index >= 15 is 0 Å². The summed E-state index contributed by atoms with van der Waals surface area (Å²) in [7, 11) is 0. The van der Waals surface area contributed by atoms with Gasteiger partial charge in [0.15, 0.2) is 0 Å². The van der Waals surface area contributed by atoms with Crippen molar-refractivity contribution < 1.29 is 32.9 Å². The number of piperidine rings is 1. The van der Waals surface area contributed by atoms with E-state index in [4.69, 9.17) is 14.6 Å². The Bertz CT molecular complexity index is 1320. The number of rotatable bonds is 9. The minimum absolute atomic E-state index is 0.196. The monoisotopic (exact) mass is 597 g/mol. The number of alkyl halides is 3. The van der Waals surface area contributed by atoms with Crippen LogP contribution in [0, 0.1) is 5.92 Å². The highest BCUT2D eigenvalue weighted by atomic mass is 32.1. The molecule has 4 aromatic rings. The second-order valence-corrected chi connectivity index (χ2v) is 10.9. The minimum Gasteiger partial charge on any atom is -0.494 e. The highest BCUT2D eigenvalue weighted by Crippen LogP contribution is 2.41. The Labute approximate surface area is 247 Å². The van der Waals surface area contributed by atoms with Crippen molar-refractivity contribution >= 4 is 17.3 Å². The number of carboxylic acids is 1. The third kappa shape index (κ3) is 8.21. The van der Waals surface area contributed by atoms with Gasteiger partial charge in [-0.25, -0.2) is 4.79 Å². The lowest BCUT2D eigenvalue weighted by Gasteiger charge is -2.42. The van der Waals surface area contributed by atoms with Gasteiger partial charge in [0.1, 0.15) is 11.4 Å². The summed E-state index contributed by atoms with van der Waals surface area (Å²) in [5.74, 6) is -1.63. The van der Waals surface area contributed by atoms with Crippen LogP contribution in [0.1, 0.15) is 30.4 Å². The van der Waals surface area contributed by atoms with Crippen molar-refractivity contribution in [2.75, 3.05) is 26.2 Å². The summed E-state index contributed by atoms with van der Waals surface area (Å²) < 4.78 is 37.7. The molecule has 1 aliphatic rings. The second kappa shape index (κ2) is 14.5. The average molecular weight is 598 g/mol. The highest BCUT2D eigenvalue weighted by molar-refractivity contribution is 7.08. The van der Waals surface area contributed by atoms with Gasteiger partial charge >= 0.3 is 12.1 Å². The van der Waals surface area contributed by atoms with Crippen LogP contribution in [-0.4, -0.2) is 53.5 Å². The smallest absolute Gasteiger partial charge is 0.490 e. The quantitative estimate of drug-likeness (QED) is 0.196. The van der Waals surface area contributed by atoms with E-state index in [2.05, 4.69) is 70.3 Å². The van der Waals surface area contributed by atoms with E-state index in [0.717, 1.165) is 62.4 Å². The Morgan fingerprint density at radius 2 is 1.40 bits per heavy atom. The molecular formula is C33H34F3NO4S. The van der Waals surface area contributed by atoms with Gasteiger partial charge in [0.25, 0.3) is 0 Å². The molecule has 0 unspecified atom stereocenters. The van der Waals surface area contributed by atoms with Crippen LogP contribution < -0.4 is 4.74 Å². The van der Waals surface area contributed by atoms with Crippen LogP contribution in [0.5, 0.6) is 5.75 Å². The zero-order valence-corrected chi connectivity index (χ0v) is 23.9. The molecule has 1 fully saturated rings. The first-order chi connectivity index (χ1) is 20.2. The number of benzene rings is 3. The molecule has 5 nitrogen and oxygen atoms in total.